The minimum absolute atomic E-state index is 0.216. The summed E-state index contributed by atoms with van der Waals surface area (Å²) in [5.74, 6) is 1.32. The van der Waals surface area contributed by atoms with Crippen LogP contribution in [0.25, 0.3) is 0 Å². The Kier molecular flexibility index (Phi) is 6.73. The molecule has 0 aliphatic heterocycles. The molecule has 0 amide bonds. The fraction of sp³-hybridized carbons (Fsp3) is 0.600. The highest BCUT2D eigenvalue weighted by atomic mass is 19.1. The van der Waals surface area contributed by atoms with E-state index in [-0.39, 0.29) is 5.82 Å². The van der Waals surface area contributed by atoms with Gasteiger partial charge in [0.25, 0.3) is 0 Å². The normalized spacial score (nSPS) is 10.9. The number of nitrogens with one attached hydrogen (secondary N) is 1. The number of rotatable bonds is 8. The summed E-state index contributed by atoms with van der Waals surface area (Å²) in [4.78, 5) is 0. The average Bonchev–Trinajstić information content (AvgIpc) is 2.30. The predicted molar refractivity (Wildman–Crippen MR) is 73.6 cm³/mol. The van der Waals surface area contributed by atoms with E-state index >= 15 is 0 Å². The summed E-state index contributed by atoms with van der Waals surface area (Å²) in [6.45, 7) is 8.81. The molecule has 1 N–H and O–H groups in total. The SMILES string of the molecule is Cc1cc(F)ccc1OCCNCCCC(C)C. The third-order valence-electron chi connectivity index (χ3n) is 2.81. The maximum atomic E-state index is 12.9. The van der Waals surface area contributed by atoms with Crippen molar-refractivity contribution in [2.75, 3.05) is 19.7 Å². The van der Waals surface area contributed by atoms with Crippen LogP contribution in [0.15, 0.2) is 18.2 Å². The van der Waals surface area contributed by atoms with Crippen LogP contribution in [0, 0.1) is 18.7 Å². The zero-order valence-corrected chi connectivity index (χ0v) is 11.6. The molecule has 1 aromatic rings. The molecule has 1 aromatic carbocycles. The van der Waals surface area contributed by atoms with Crippen LogP contribution < -0.4 is 10.1 Å². The van der Waals surface area contributed by atoms with E-state index in [0.717, 1.165) is 30.3 Å². The molecule has 1 rings (SSSR count). The van der Waals surface area contributed by atoms with Gasteiger partial charge < -0.3 is 10.1 Å². The van der Waals surface area contributed by atoms with Gasteiger partial charge in [-0.2, -0.15) is 0 Å². The number of halogens is 1. The molecule has 0 fully saturated rings. The Morgan fingerprint density at radius 2 is 2.06 bits per heavy atom. The molecule has 2 nitrogen and oxygen atoms in total. The molecule has 0 radical (unpaired) electrons. The first kappa shape index (κ1) is 15.0. The van der Waals surface area contributed by atoms with Crippen LogP contribution in [-0.4, -0.2) is 19.7 Å². The Morgan fingerprint density at radius 1 is 1.28 bits per heavy atom. The van der Waals surface area contributed by atoms with Crippen molar-refractivity contribution in [3.8, 4) is 5.75 Å². The summed E-state index contributed by atoms with van der Waals surface area (Å²) in [6.07, 6.45) is 2.46. The van der Waals surface area contributed by atoms with Gasteiger partial charge in [-0.3, -0.25) is 0 Å². The van der Waals surface area contributed by atoms with Gasteiger partial charge in [0.15, 0.2) is 0 Å². The van der Waals surface area contributed by atoms with Gasteiger partial charge in [0.1, 0.15) is 18.2 Å². The second kappa shape index (κ2) is 8.09. The highest BCUT2D eigenvalue weighted by Crippen LogP contribution is 2.17. The molecule has 0 heterocycles. The Balaban J connectivity index is 2.11. The average molecular weight is 253 g/mol. The lowest BCUT2D eigenvalue weighted by atomic mass is 10.1. The number of ether oxygens (including phenoxy) is 1. The standard InChI is InChI=1S/C15H24FNO/c1-12(2)5-4-8-17-9-10-18-15-7-6-14(16)11-13(15)3/h6-7,11-12,17H,4-5,8-10H2,1-3H3. The fourth-order valence-electron chi connectivity index (χ4n) is 1.77. The smallest absolute Gasteiger partial charge is 0.123 e. The molecular weight excluding hydrogens is 229 g/mol. The number of aryl methyl sites for hydroxylation is 1. The zero-order chi connectivity index (χ0) is 13.4. The predicted octanol–water partition coefficient (Wildman–Crippen LogP) is 3.54. The van der Waals surface area contributed by atoms with E-state index in [1.807, 2.05) is 6.92 Å². The van der Waals surface area contributed by atoms with Crippen LogP contribution in [0.1, 0.15) is 32.3 Å². The highest BCUT2D eigenvalue weighted by molar-refractivity contribution is 5.32. The van der Waals surface area contributed by atoms with E-state index in [0.29, 0.717) is 6.61 Å². The lowest BCUT2D eigenvalue weighted by molar-refractivity contribution is 0.310. The van der Waals surface area contributed by atoms with E-state index in [9.17, 15) is 4.39 Å². The molecule has 0 atom stereocenters. The molecule has 0 spiro atoms. The van der Waals surface area contributed by atoms with Crippen molar-refractivity contribution < 1.29 is 9.13 Å². The Bertz CT molecular complexity index is 352. The molecule has 0 saturated heterocycles. The van der Waals surface area contributed by atoms with E-state index in [1.54, 1.807) is 6.07 Å². The summed E-state index contributed by atoms with van der Waals surface area (Å²) in [7, 11) is 0. The van der Waals surface area contributed by atoms with Gasteiger partial charge in [-0.15, -0.1) is 0 Å². The van der Waals surface area contributed by atoms with E-state index in [1.165, 1.54) is 25.0 Å². The van der Waals surface area contributed by atoms with Crippen molar-refractivity contribution in [1.29, 1.82) is 0 Å². The Hall–Kier alpha value is -1.09. The van der Waals surface area contributed by atoms with Crippen LogP contribution in [0.3, 0.4) is 0 Å². The van der Waals surface area contributed by atoms with Crippen LogP contribution in [0.5, 0.6) is 5.75 Å². The first-order valence-electron chi connectivity index (χ1n) is 6.69. The topological polar surface area (TPSA) is 21.3 Å². The minimum Gasteiger partial charge on any atom is -0.492 e. The van der Waals surface area contributed by atoms with Crippen molar-refractivity contribution in [2.45, 2.75) is 33.6 Å². The molecular formula is C15H24FNO. The summed E-state index contributed by atoms with van der Waals surface area (Å²) < 4.78 is 18.5. The second-order valence-corrected chi connectivity index (χ2v) is 5.04. The van der Waals surface area contributed by atoms with Crippen molar-refractivity contribution >= 4 is 0 Å². The van der Waals surface area contributed by atoms with Gasteiger partial charge in [-0.25, -0.2) is 4.39 Å². The Labute approximate surface area is 110 Å². The number of benzene rings is 1. The molecule has 102 valence electrons. The first-order chi connectivity index (χ1) is 8.59. The van der Waals surface area contributed by atoms with Crippen molar-refractivity contribution in [3.05, 3.63) is 29.6 Å². The monoisotopic (exact) mass is 253 g/mol. The maximum absolute atomic E-state index is 12.9. The van der Waals surface area contributed by atoms with Crippen LogP contribution in [-0.2, 0) is 0 Å². The quantitative estimate of drug-likeness (QED) is 0.715. The summed E-state index contributed by atoms with van der Waals surface area (Å²) in [5, 5.41) is 3.34. The zero-order valence-electron chi connectivity index (χ0n) is 11.6. The van der Waals surface area contributed by atoms with Crippen molar-refractivity contribution in [1.82, 2.24) is 5.32 Å². The Morgan fingerprint density at radius 3 is 2.72 bits per heavy atom. The molecule has 0 saturated carbocycles. The van der Waals surface area contributed by atoms with Crippen molar-refractivity contribution in [2.24, 2.45) is 5.92 Å². The first-order valence-corrected chi connectivity index (χ1v) is 6.69. The van der Waals surface area contributed by atoms with Crippen LogP contribution in [0.2, 0.25) is 0 Å². The lowest BCUT2D eigenvalue weighted by Gasteiger charge is -2.10. The lowest BCUT2D eigenvalue weighted by Crippen LogP contribution is -2.22. The van der Waals surface area contributed by atoms with Gasteiger partial charge in [-0.05, 0) is 56.0 Å². The van der Waals surface area contributed by atoms with Crippen molar-refractivity contribution in [3.63, 3.8) is 0 Å². The molecule has 0 bridgehead atoms. The molecule has 18 heavy (non-hydrogen) atoms. The van der Waals surface area contributed by atoms with E-state index in [2.05, 4.69) is 19.2 Å². The molecule has 3 heteroatoms. The summed E-state index contributed by atoms with van der Waals surface area (Å²) in [6, 6.07) is 4.60. The number of hydrogen-bond acceptors (Lipinski definition) is 2. The fourth-order valence-corrected chi connectivity index (χ4v) is 1.77. The third-order valence-corrected chi connectivity index (χ3v) is 2.81. The summed E-state index contributed by atoms with van der Waals surface area (Å²) >= 11 is 0. The van der Waals surface area contributed by atoms with Gasteiger partial charge in [0.05, 0.1) is 0 Å². The largest absolute Gasteiger partial charge is 0.492 e. The second-order valence-electron chi connectivity index (χ2n) is 5.04. The third kappa shape index (κ3) is 6.01. The number of hydrogen-bond donors (Lipinski definition) is 1. The van der Waals surface area contributed by atoms with E-state index < -0.39 is 0 Å². The van der Waals surface area contributed by atoms with Crippen LogP contribution in [0.4, 0.5) is 4.39 Å². The van der Waals surface area contributed by atoms with Gasteiger partial charge in [0, 0.05) is 6.54 Å². The minimum atomic E-state index is -0.216. The van der Waals surface area contributed by atoms with Crippen LogP contribution >= 0.6 is 0 Å². The maximum Gasteiger partial charge on any atom is 0.123 e. The molecule has 0 aliphatic rings. The van der Waals surface area contributed by atoms with Gasteiger partial charge >= 0.3 is 0 Å². The molecule has 0 aliphatic carbocycles. The van der Waals surface area contributed by atoms with Gasteiger partial charge in [-0.1, -0.05) is 13.8 Å². The summed E-state index contributed by atoms with van der Waals surface area (Å²) in [5.41, 5.74) is 0.842. The highest BCUT2D eigenvalue weighted by Gasteiger charge is 2.00. The molecule has 0 aromatic heterocycles. The van der Waals surface area contributed by atoms with Gasteiger partial charge in [0.2, 0.25) is 0 Å². The molecule has 0 unspecified atom stereocenters. The van der Waals surface area contributed by atoms with E-state index in [4.69, 9.17) is 4.74 Å².